The average molecular weight is 643 g/mol. The molecule has 0 N–H and O–H groups in total. The lowest BCUT2D eigenvalue weighted by Crippen LogP contribution is -2.23. The number of rotatable bonds is 16. The molecule has 0 saturated carbocycles. The number of nitrogens with zero attached hydrogens (tertiary/aromatic N) is 2. The number of hydrogen-bond donors (Lipinski definition) is 0. The number of hydrogen-bond acceptors (Lipinski definition) is 2. The minimum Gasteiger partial charge on any atom is -0.292 e. The van der Waals surface area contributed by atoms with Crippen molar-refractivity contribution in [2.45, 2.75) is 70.4 Å². The molecule has 0 heterocycles. The van der Waals surface area contributed by atoms with Gasteiger partial charge in [0.15, 0.2) is 0 Å². The van der Waals surface area contributed by atoms with Gasteiger partial charge in [0.05, 0.1) is 11.7 Å². The fourth-order valence-electron chi connectivity index (χ4n) is 7.15. The highest BCUT2D eigenvalue weighted by molar-refractivity contribution is 5.96. The largest absolute Gasteiger partial charge is 0.292 e. The molecular weight excluding hydrogens is 593 g/mol. The van der Waals surface area contributed by atoms with E-state index >= 15 is 0 Å². The molecule has 2 nitrogen and oxygen atoms in total. The second kappa shape index (κ2) is 17.6. The summed E-state index contributed by atoms with van der Waals surface area (Å²) in [5, 5.41) is 2.62. The van der Waals surface area contributed by atoms with E-state index in [9.17, 15) is 0 Å². The van der Waals surface area contributed by atoms with Crippen molar-refractivity contribution >= 4 is 17.5 Å². The quantitative estimate of drug-likeness (QED) is 0.0772. The Morgan fingerprint density at radius 1 is 0.673 bits per heavy atom. The zero-order chi connectivity index (χ0) is 33.7. The summed E-state index contributed by atoms with van der Waals surface area (Å²) in [7, 11) is 2.19. The normalized spacial score (nSPS) is 14.0. The van der Waals surface area contributed by atoms with Gasteiger partial charge >= 0.3 is 0 Å². The van der Waals surface area contributed by atoms with Crippen molar-refractivity contribution in [1.82, 2.24) is 4.90 Å². The number of likely N-dealkylation sites (N-methyl/N-ethyl adjacent to an activating group) is 1. The van der Waals surface area contributed by atoms with Gasteiger partial charge in [-0.1, -0.05) is 164 Å². The van der Waals surface area contributed by atoms with E-state index in [1.807, 2.05) is 0 Å². The summed E-state index contributed by atoms with van der Waals surface area (Å²) in [5.41, 5.74) is 10.5. The summed E-state index contributed by atoms with van der Waals surface area (Å²) in [6, 6.07) is 46.0. The Kier molecular flexibility index (Phi) is 12.2. The fraction of sp³-hybridized carbons (Fsp3) is 0.255. The van der Waals surface area contributed by atoms with Crippen LogP contribution in [0.15, 0.2) is 167 Å². The van der Waals surface area contributed by atoms with Gasteiger partial charge in [-0.25, -0.2) is 0 Å². The highest BCUT2D eigenvalue weighted by Gasteiger charge is 2.18. The first kappa shape index (κ1) is 34.1. The molecule has 0 amide bonds. The summed E-state index contributed by atoms with van der Waals surface area (Å²) < 4.78 is 0. The fourth-order valence-corrected chi connectivity index (χ4v) is 7.15. The van der Waals surface area contributed by atoms with Gasteiger partial charge in [0.1, 0.15) is 0 Å². The Morgan fingerprint density at radius 2 is 1.35 bits per heavy atom. The van der Waals surface area contributed by atoms with Crippen LogP contribution in [0.4, 0.5) is 0 Å². The molecule has 1 aliphatic carbocycles. The van der Waals surface area contributed by atoms with E-state index in [2.05, 4.69) is 169 Å². The van der Waals surface area contributed by atoms with E-state index in [4.69, 9.17) is 0 Å². The first-order valence-electron chi connectivity index (χ1n) is 18.1. The van der Waals surface area contributed by atoms with Crippen LogP contribution in [0.5, 0.6) is 0 Å². The topological polar surface area (TPSA) is 15.6 Å². The summed E-state index contributed by atoms with van der Waals surface area (Å²) in [4.78, 5) is 6.93. The van der Waals surface area contributed by atoms with E-state index in [0.717, 1.165) is 31.5 Å². The Morgan fingerprint density at radius 3 is 2.08 bits per heavy atom. The number of benzene rings is 5. The number of allylic oxidation sites excluding steroid dienone is 4. The summed E-state index contributed by atoms with van der Waals surface area (Å²) in [6.45, 7) is 4.84. The predicted molar refractivity (Wildman–Crippen MR) is 211 cm³/mol. The lowest BCUT2D eigenvalue weighted by molar-refractivity contribution is 0.276. The standard InChI is InChI=1S/C47H50N2/c1-48-46(35-47(43-22-12-7-13-23-43)49(2)36-39-19-10-6-11-20-39)42-33-29-38(30-34-42)18-9-5-3-4-8-17-37-27-31-41(32-28-37)45-26-16-24-40-21-14-15-25-44(40)45/h6-7,10-16,19-29,31-33,35,47H,1,3-5,8-9,17-18,30,34,36H2,2H3/b46-35-. The minimum absolute atomic E-state index is 0.114. The van der Waals surface area contributed by atoms with Gasteiger partial charge in [0.2, 0.25) is 0 Å². The molecule has 0 radical (unpaired) electrons. The third-order valence-corrected chi connectivity index (χ3v) is 9.96. The van der Waals surface area contributed by atoms with Crippen LogP contribution < -0.4 is 0 Å². The zero-order valence-corrected chi connectivity index (χ0v) is 29.1. The molecule has 248 valence electrons. The molecule has 0 saturated heterocycles. The Balaban J connectivity index is 0.958. The lowest BCUT2D eigenvalue weighted by atomic mass is 9.91. The zero-order valence-electron chi connectivity index (χ0n) is 29.1. The second-order valence-corrected chi connectivity index (χ2v) is 13.5. The van der Waals surface area contributed by atoms with E-state index < -0.39 is 0 Å². The van der Waals surface area contributed by atoms with Crippen LogP contribution in [0.2, 0.25) is 0 Å². The maximum atomic E-state index is 4.53. The van der Waals surface area contributed by atoms with Crippen molar-refractivity contribution in [3.63, 3.8) is 0 Å². The average Bonchev–Trinajstić information content (AvgIpc) is 3.16. The molecule has 1 unspecified atom stereocenters. The van der Waals surface area contributed by atoms with E-state index in [-0.39, 0.29) is 6.04 Å². The molecule has 5 aromatic rings. The predicted octanol–water partition coefficient (Wildman–Crippen LogP) is 12.5. The van der Waals surface area contributed by atoms with Crippen molar-refractivity contribution in [3.05, 3.63) is 179 Å². The summed E-state index contributed by atoms with van der Waals surface area (Å²) in [5.74, 6) is 0. The van der Waals surface area contributed by atoms with Crippen molar-refractivity contribution in [2.24, 2.45) is 4.99 Å². The molecule has 49 heavy (non-hydrogen) atoms. The minimum atomic E-state index is 0.114. The molecule has 0 aliphatic heterocycles. The van der Waals surface area contributed by atoms with Crippen molar-refractivity contribution < 1.29 is 0 Å². The van der Waals surface area contributed by atoms with Gasteiger partial charge in [0.25, 0.3) is 0 Å². The Bertz CT molecular complexity index is 1870. The van der Waals surface area contributed by atoms with E-state index in [0.29, 0.717) is 0 Å². The molecule has 2 heteroatoms. The van der Waals surface area contributed by atoms with Crippen LogP contribution in [0.25, 0.3) is 21.9 Å². The number of unbranched alkanes of at least 4 members (excludes halogenated alkanes) is 4. The number of aryl methyl sites for hydroxylation is 1. The first-order valence-corrected chi connectivity index (χ1v) is 18.1. The maximum Gasteiger partial charge on any atom is 0.0633 e. The van der Waals surface area contributed by atoms with Crippen molar-refractivity contribution in [1.29, 1.82) is 0 Å². The van der Waals surface area contributed by atoms with Crippen LogP contribution in [-0.4, -0.2) is 18.7 Å². The van der Waals surface area contributed by atoms with Crippen molar-refractivity contribution in [2.75, 3.05) is 7.05 Å². The smallest absolute Gasteiger partial charge is 0.0633 e. The van der Waals surface area contributed by atoms with Gasteiger partial charge < -0.3 is 0 Å². The highest BCUT2D eigenvalue weighted by Crippen LogP contribution is 2.32. The third-order valence-electron chi connectivity index (χ3n) is 9.96. The van der Waals surface area contributed by atoms with Gasteiger partial charge in [-0.3, -0.25) is 9.89 Å². The second-order valence-electron chi connectivity index (χ2n) is 13.5. The van der Waals surface area contributed by atoms with E-state index in [1.165, 1.54) is 82.7 Å². The molecule has 0 aromatic heterocycles. The Hall–Kier alpha value is -4.79. The van der Waals surface area contributed by atoms with Crippen molar-refractivity contribution in [3.8, 4) is 11.1 Å². The van der Waals surface area contributed by atoms with Crippen LogP contribution in [-0.2, 0) is 13.0 Å². The molecule has 1 aliphatic rings. The highest BCUT2D eigenvalue weighted by atomic mass is 15.1. The number of fused-ring (bicyclic) bond motifs is 1. The molecule has 6 rings (SSSR count). The SMILES string of the molecule is C=N/C(=C\C(c1ccccc1)N(C)Cc1ccccc1)C1=CC=C(CCCCCCCc2ccc(-c3cccc4ccccc34)cc2)CC1. The van der Waals surface area contributed by atoms with Gasteiger partial charge in [-0.2, -0.15) is 0 Å². The molecule has 1 atom stereocenters. The molecule has 0 fully saturated rings. The monoisotopic (exact) mass is 642 g/mol. The molecular formula is C47H50N2. The third kappa shape index (κ3) is 9.43. The van der Waals surface area contributed by atoms with Crippen LogP contribution in [0, 0.1) is 0 Å². The number of aliphatic imine (C=N–C) groups is 1. The first-order chi connectivity index (χ1) is 24.2. The van der Waals surface area contributed by atoms with Gasteiger partial charge in [0, 0.05) is 6.54 Å². The Labute approximate surface area is 294 Å². The maximum absolute atomic E-state index is 4.53. The summed E-state index contributed by atoms with van der Waals surface area (Å²) in [6.07, 6.45) is 17.9. The lowest BCUT2D eigenvalue weighted by Gasteiger charge is -2.27. The van der Waals surface area contributed by atoms with Crippen LogP contribution in [0.1, 0.15) is 74.1 Å². The van der Waals surface area contributed by atoms with Gasteiger partial charge in [-0.05, 0) is 103 Å². The van der Waals surface area contributed by atoms with Gasteiger partial charge in [-0.15, -0.1) is 0 Å². The molecule has 0 spiro atoms. The summed E-state index contributed by atoms with van der Waals surface area (Å²) >= 11 is 0. The molecule has 0 bridgehead atoms. The van der Waals surface area contributed by atoms with Crippen LogP contribution in [0.3, 0.4) is 0 Å². The van der Waals surface area contributed by atoms with Crippen LogP contribution >= 0.6 is 0 Å². The van der Waals surface area contributed by atoms with E-state index in [1.54, 1.807) is 5.57 Å². The molecule has 5 aromatic carbocycles.